The lowest BCUT2D eigenvalue weighted by Gasteiger charge is -2.28. The summed E-state index contributed by atoms with van der Waals surface area (Å²) in [5.74, 6) is 7.63. The van der Waals surface area contributed by atoms with Crippen molar-refractivity contribution >= 4 is 17.5 Å². The van der Waals surface area contributed by atoms with Crippen molar-refractivity contribution in [3.63, 3.8) is 0 Å². The van der Waals surface area contributed by atoms with E-state index in [9.17, 15) is 4.79 Å². The molecule has 0 unspecified atom stereocenters. The fourth-order valence-electron chi connectivity index (χ4n) is 1.78. The van der Waals surface area contributed by atoms with Crippen LogP contribution in [0.2, 0.25) is 0 Å². The molecule has 7 nitrogen and oxygen atoms in total. The zero-order valence-electron chi connectivity index (χ0n) is 10.6. The fraction of sp³-hybridized carbons (Fsp3) is 0.545. The maximum Gasteiger partial charge on any atom is 0.239 e. The summed E-state index contributed by atoms with van der Waals surface area (Å²) in [5, 5.41) is 2.78. The highest BCUT2D eigenvalue weighted by atomic mass is 16.2. The molecule has 1 saturated heterocycles. The van der Waals surface area contributed by atoms with Gasteiger partial charge in [-0.2, -0.15) is 0 Å². The molecule has 1 aliphatic heterocycles. The second-order valence-corrected chi connectivity index (χ2v) is 4.54. The standard InChI is InChI=1S/C11H18N6O/c1-7(2)11-14-8(16-12)5-9(15-11)17-4-3-13-10(18)6-17/h5,7H,3-4,6,12H2,1-2H3,(H,13,18)(H,14,15,16). The van der Waals surface area contributed by atoms with E-state index in [1.54, 1.807) is 6.07 Å². The molecule has 1 aromatic heterocycles. The van der Waals surface area contributed by atoms with Crippen LogP contribution in [0.5, 0.6) is 0 Å². The molecule has 4 N–H and O–H groups in total. The van der Waals surface area contributed by atoms with E-state index in [4.69, 9.17) is 5.84 Å². The van der Waals surface area contributed by atoms with Crippen molar-refractivity contribution in [3.8, 4) is 0 Å². The number of carbonyl (C=O) groups excluding carboxylic acids is 1. The number of aromatic nitrogens is 2. The number of hydrogen-bond donors (Lipinski definition) is 3. The average molecular weight is 250 g/mol. The van der Waals surface area contributed by atoms with Crippen LogP contribution in [-0.4, -0.2) is 35.5 Å². The van der Waals surface area contributed by atoms with Gasteiger partial charge in [-0.05, 0) is 0 Å². The van der Waals surface area contributed by atoms with Crippen LogP contribution in [0.4, 0.5) is 11.6 Å². The molecule has 0 bridgehead atoms. The third kappa shape index (κ3) is 2.67. The summed E-state index contributed by atoms with van der Waals surface area (Å²) in [6.45, 7) is 5.72. The molecule has 2 heterocycles. The fourth-order valence-corrected chi connectivity index (χ4v) is 1.78. The molecule has 1 amide bonds. The second kappa shape index (κ2) is 5.18. The third-order valence-electron chi connectivity index (χ3n) is 2.76. The summed E-state index contributed by atoms with van der Waals surface area (Å²) in [4.78, 5) is 22.1. The quantitative estimate of drug-likeness (QED) is 0.509. The number of hydrogen-bond acceptors (Lipinski definition) is 6. The van der Waals surface area contributed by atoms with Crippen molar-refractivity contribution in [1.82, 2.24) is 15.3 Å². The molecule has 0 aliphatic carbocycles. The SMILES string of the molecule is CC(C)c1nc(NN)cc(N2CCNC(=O)C2)n1. The molecular formula is C11H18N6O. The van der Waals surface area contributed by atoms with Crippen molar-refractivity contribution < 1.29 is 4.79 Å². The summed E-state index contributed by atoms with van der Waals surface area (Å²) in [5.41, 5.74) is 2.53. The zero-order chi connectivity index (χ0) is 13.1. The molecule has 0 spiro atoms. The van der Waals surface area contributed by atoms with Gasteiger partial charge in [0.25, 0.3) is 0 Å². The van der Waals surface area contributed by atoms with Crippen LogP contribution < -0.4 is 21.5 Å². The van der Waals surface area contributed by atoms with Crippen molar-refractivity contribution in [2.24, 2.45) is 5.84 Å². The van der Waals surface area contributed by atoms with Gasteiger partial charge in [-0.1, -0.05) is 13.8 Å². The minimum Gasteiger partial charge on any atom is -0.353 e. The first-order valence-electron chi connectivity index (χ1n) is 5.97. The van der Waals surface area contributed by atoms with Gasteiger partial charge in [0.2, 0.25) is 5.91 Å². The molecule has 0 saturated carbocycles. The molecule has 2 rings (SSSR count). The number of nitrogens with one attached hydrogen (secondary N) is 2. The Kier molecular flexibility index (Phi) is 3.61. The van der Waals surface area contributed by atoms with Crippen LogP contribution in [0, 0.1) is 0 Å². The van der Waals surface area contributed by atoms with E-state index in [0.29, 0.717) is 24.7 Å². The number of anilines is 2. The van der Waals surface area contributed by atoms with E-state index < -0.39 is 0 Å². The van der Waals surface area contributed by atoms with Crippen LogP contribution in [0.15, 0.2) is 6.07 Å². The summed E-state index contributed by atoms with van der Waals surface area (Å²) < 4.78 is 0. The van der Waals surface area contributed by atoms with Gasteiger partial charge in [0.1, 0.15) is 17.5 Å². The first-order valence-corrected chi connectivity index (χ1v) is 5.97. The molecular weight excluding hydrogens is 232 g/mol. The third-order valence-corrected chi connectivity index (χ3v) is 2.76. The summed E-state index contributed by atoms with van der Waals surface area (Å²) >= 11 is 0. The van der Waals surface area contributed by atoms with Gasteiger partial charge >= 0.3 is 0 Å². The van der Waals surface area contributed by atoms with E-state index in [0.717, 1.165) is 12.4 Å². The van der Waals surface area contributed by atoms with Crippen LogP contribution in [-0.2, 0) is 4.79 Å². The number of nitrogens with two attached hydrogens (primary N) is 1. The Balaban J connectivity index is 2.30. The molecule has 1 fully saturated rings. The van der Waals surface area contributed by atoms with Crippen molar-refractivity contribution in [2.75, 3.05) is 30.0 Å². The molecule has 98 valence electrons. The largest absolute Gasteiger partial charge is 0.353 e. The Morgan fingerprint density at radius 1 is 1.50 bits per heavy atom. The number of piperazine rings is 1. The second-order valence-electron chi connectivity index (χ2n) is 4.54. The maximum absolute atomic E-state index is 11.4. The van der Waals surface area contributed by atoms with Gasteiger partial charge in [-0.15, -0.1) is 0 Å². The number of carbonyl (C=O) groups is 1. The lowest BCUT2D eigenvalue weighted by Crippen LogP contribution is -2.48. The van der Waals surface area contributed by atoms with Gasteiger partial charge in [0.05, 0.1) is 6.54 Å². The van der Waals surface area contributed by atoms with Gasteiger partial charge in [0.15, 0.2) is 0 Å². The topological polar surface area (TPSA) is 96.2 Å². The van der Waals surface area contributed by atoms with Crippen LogP contribution in [0.1, 0.15) is 25.6 Å². The van der Waals surface area contributed by atoms with Gasteiger partial charge in [-0.25, -0.2) is 15.8 Å². The molecule has 0 atom stereocenters. The lowest BCUT2D eigenvalue weighted by molar-refractivity contribution is -0.120. The van der Waals surface area contributed by atoms with Crippen LogP contribution in [0.3, 0.4) is 0 Å². The van der Waals surface area contributed by atoms with E-state index in [1.165, 1.54) is 0 Å². The predicted octanol–water partition coefficient (Wildman–Crippen LogP) is -0.178. The highest BCUT2D eigenvalue weighted by Crippen LogP contribution is 2.19. The summed E-state index contributed by atoms with van der Waals surface area (Å²) in [6.07, 6.45) is 0. The van der Waals surface area contributed by atoms with Crippen molar-refractivity contribution in [3.05, 3.63) is 11.9 Å². The van der Waals surface area contributed by atoms with Crippen molar-refractivity contribution in [2.45, 2.75) is 19.8 Å². The predicted molar refractivity (Wildman–Crippen MR) is 69.2 cm³/mol. The van der Waals surface area contributed by atoms with Crippen LogP contribution >= 0.6 is 0 Å². The van der Waals surface area contributed by atoms with E-state index >= 15 is 0 Å². The minimum atomic E-state index is 0.00761. The van der Waals surface area contributed by atoms with E-state index in [1.807, 2.05) is 18.7 Å². The first-order chi connectivity index (χ1) is 8.60. The highest BCUT2D eigenvalue weighted by molar-refractivity contribution is 5.82. The maximum atomic E-state index is 11.4. The zero-order valence-corrected chi connectivity index (χ0v) is 10.6. The molecule has 0 radical (unpaired) electrons. The first kappa shape index (κ1) is 12.6. The van der Waals surface area contributed by atoms with Gasteiger partial charge < -0.3 is 15.6 Å². The summed E-state index contributed by atoms with van der Waals surface area (Å²) in [7, 11) is 0. The van der Waals surface area contributed by atoms with Gasteiger partial charge in [0, 0.05) is 25.1 Å². The van der Waals surface area contributed by atoms with Crippen LogP contribution in [0.25, 0.3) is 0 Å². The monoisotopic (exact) mass is 250 g/mol. The lowest BCUT2D eigenvalue weighted by atomic mass is 10.2. The van der Waals surface area contributed by atoms with Gasteiger partial charge in [-0.3, -0.25) is 4.79 Å². The Labute approximate surface area is 106 Å². The average Bonchev–Trinajstić information content (AvgIpc) is 2.38. The van der Waals surface area contributed by atoms with E-state index in [-0.39, 0.29) is 11.8 Å². The van der Waals surface area contributed by atoms with E-state index in [2.05, 4.69) is 20.7 Å². The Morgan fingerprint density at radius 2 is 2.28 bits per heavy atom. The number of amides is 1. The smallest absolute Gasteiger partial charge is 0.239 e. The number of hydrazine groups is 1. The highest BCUT2D eigenvalue weighted by Gasteiger charge is 2.19. The Morgan fingerprint density at radius 3 is 2.89 bits per heavy atom. The molecule has 18 heavy (non-hydrogen) atoms. The molecule has 7 heteroatoms. The minimum absolute atomic E-state index is 0.00761. The number of nitrogens with zero attached hydrogens (tertiary/aromatic N) is 3. The Hall–Kier alpha value is -1.89. The summed E-state index contributed by atoms with van der Waals surface area (Å²) in [6, 6.07) is 1.75. The Bertz CT molecular complexity index is 447. The molecule has 1 aliphatic rings. The molecule has 0 aromatic carbocycles. The normalized spacial score (nSPS) is 15.8. The number of rotatable bonds is 3. The molecule has 1 aromatic rings. The van der Waals surface area contributed by atoms with Crippen molar-refractivity contribution in [1.29, 1.82) is 0 Å². The number of nitrogen functional groups attached to an aromatic ring is 1.